The normalized spacial score (nSPS) is 32.4. The topological polar surface area (TPSA) is 86.0 Å². The number of amidine groups is 1. The summed E-state index contributed by atoms with van der Waals surface area (Å²) >= 11 is 3.10. The van der Waals surface area contributed by atoms with Crippen LogP contribution < -0.4 is 5.73 Å². The van der Waals surface area contributed by atoms with E-state index in [1.165, 1.54) is 12.1 Å². The van der Waals surface area contributed by atoms with Crippen LogP contribution in [0, 0.1) is 39.3 Å². The van der Waals surface area contributed by atoms with Crippen LogP contribution in [0.5, 0.6) is 0 Å². The Balaban J connectivity index is 2.21. The van der Waals surface area contributed by atoms with Gasteiger partial charge in [0.15, 0.2) is 4.20 Å². The van der Waals surface area contributed by atoms with Crippen LogP contribution in [-0.2, 0) is 0 Å². The van der Waals surface area contributed by atoms with Crippen molar-refractivity contribution in [3.8, 4) is 12.1 Å². The third kappa shape index (κ3) is 1.77. The number of nitrogens with zero attached hydrogens (tertiary/aromatic N) is 3. The summed E-state index contributed by atoms with van der Waals surface area (Å²) in [4.78, 5) is 4.61. The minimum absolute atomic E-state index is 0.225. The number of halogens is 1. The highest BCUT2D eigenvalue weighted by Gasteiger charge is 2.91. The highest BCUT2D eigenvalue weighted by Crippen LogP contribution is 2.85. The van der Waals surface area contributed by atoms with Crippen molar-refractivity contribution in [2.45, 2.75) is 24.0 Å². The molecule has 0 saturated heterocycles. The summed E-state index contributed by atoms with van der Waals surface area (Å²) in [6.07, 6.45) is 0. The highest BCUT2D eigenvalue weighted by molar-refractivity contribution is 8.18. The zero-order valence-corrected chi connectivity index (χ0v) is 15.0. The average molecular weight is 360 g/mol. The fraction of sp³-hybridized carbons (Fsp3) is 0.471. The first-order chi connectivity index (χ1) is 11.5. The summed E-state index contributed by atoms with van der Waals surface area (Å²) in [7, 11) is 0. The van der Waals surface area contributed by atoms with E-state index >= 15 is 0 Å². The lowest BCUT2D eigenvalue weighted by Crippen LogP contribution is -2.31. The van der Waals surface area contributed by atoms with Gasteiger partial charge in [0.05, 0.1) is 12.1 Å². The minimum atomic E-state index is -1.14. The Morgan fingerprint density at radius 3 is 2.21 bits per heavy atom. The van der Waals surface area contributed by atoms with Crippen LogP contribution in [0.25, 0.3) is 0 Å². The summed E-state index contributed by atoms with van der Waals surface area (Å²) in [5.41, 5.74) is 4.79. The fourth-order valence-electron chi connectivity index (χ4n) is 3.90. The van der Waals surface area contributed by atoms with E-state index in [0.29, 0.717) is 0 Å². The van der Waals surface area contributed by atoms with Crippen molar-refractivity contribution in [2.75, 3.05) is 11.5 Å². The number of aliphatic imine (C=N–C) groups is 1. The molecular weight excluding hydrogens is 343 g/mol. The molecule has 1 saturated carbocycles. The SMILES string of the molecule is CCSC1(SCC)N=C(N)[C@@]2(C#N)[C@@H](c3ccc(F)cc3)[C@]12C#N. The molecule has 24 heavy (non-hydrogen) atoms. The summed E-state index contributed by atoms with van der Waals surface area (Å²) < 4.78 is 12.5. The van der Waals surface area contributed by atoms with Crippen molar-refractivity contribution < 1.29 is 4.39 Å². The summed E-state index contributed by atoms with van der Waals surface area (Å²) in [5, 5.41) is 20.1. The molecule has 0 aromatic heterocycles. The molecule has 2 N–H and O–H groups in total. The van der Waals surface area contributed by atoms with Gasteiger partial charge in [-0.05, 0) is 29.2 Å². The molecule has 0 amide bonds. The predicted molar refractivity (Wildman–Crippen MR) is 95.9 cm³/mol. The first-order valence-electron chi connectivity index (χ1n) is 7.71. The summed E-state index contributed by atoms with van der Waals surface area (Å²) in [5.74, 6) is 0.995. The lowest BCUT2D eigenvalue weighted by atomic mass is 9.97. The molecule has 124 valence electrons. The summed E-state index contributed by atoms with van der Waals surface area (Å²) in [6.45, 7) is 4.00. The van der Waals surface area contributed by atoms with Gasteiger partial charge >= 0.3 is 0 Å². The monoisotopic (exact) mass is 360 g/mol. The number of hydrogen-bond donors (Lipinski definition) is 1. The molecule has 0 bridgehead atoms. The highest BCUT2D eigenvalue weighted by atomic mass is 32.2. The van der Waals surface area contributed by atoms with E-state index in [1.54, 1.807) is 35.7 Å². The maximum Gasteiger partial charge on any atom is 0.175 e. The van der Waals surface area contributed by atoms with Crippen LogP contribution in [0.1, 0.15) is 25.3 Å². The van der Waals surface area contributed by atoms with Crippen molar-refractivity contribution in [1.29, 1.82) is 10.5 Å². The van der Waals surface area contributed by atoms with Crippen molar-refractivity contribution >= 4 is 29.4 Å². The van der Waals surface area contributed by atoms with Crippen LogP contribution in [0.2, 0.25) is 0 Å². The Morgan fingerprint density at radius 1 is 1.17 bits per heavy atom. The Labute approximate surface area is 149 Å². The number of nitrogens with two attached hydrogens (primary N) is 1. The minimum Gasteiger partial charge on any atom is -0.386 e. The Kier molecular flexibility index (Phi) is 4.06. The van der Waals surface area contributed by atoms with E-state index in [-0.39, 0.29) is 11.7 Å². The molecule has 0 spiro atoms. The van der Waals surface area contributed by atoms with E-state index in [4.69, 9.17) is 5.73 Å². The first-order valence-corrected chi connectivity index (χ1v) is 9.68. The number of thioether (sulfide) groups is 2. The predicted octanol–water partition coefficient (Wildman–Crippen LogP) is 3.47. The second-order valence-electron chi connectivity index (χ2n) is 5.77. The van der Waals surface area contributed by atoms with Gasteiger partial charge < -0.3 is 5.73 Å². The van der Waals surface area contributed by atoms with E-state index < -0.39 is 21.0 Å². The molecule has 1 aliphatic heterocycles. The van der Waals surface area contributed by atoms with Gasteiger partial charge in [0.1, 0.15) is 22.5 Å². The molecule has 0 radical (unpaired) electrons. The molecule has 1 heterocycles. The number of benzene rings is 1. The average Bonchev–Trinajstić information content (AvgIpc) is 3.15. The molecule has 1 fully saturated rings. The molecule has 1 aromatic rings. The van der Waals surface area contributed by atoms with Crippen molar-refractivity contribution in [3.05, 3.63) is 35.6 Å². The van der Waals surface area contributed by atoms with Gasteiger partial charge in [0.25, 0.3) is 0 Å². The zero-order valence-electron chi connectivity index (χ0n) is 13.4. The Hall–Kier alpha value is -1.70. The van der Waals surface area contributed by atoms with E-state index in [0.717, 1.165) is 17.1 Å². The van der Waals surface area contributed by atoms with Gasteiger partial charge in [-0.3, -0.25) is 0 Å². The lowest BCUT2D eigenvalue weighted by Gasteiger charge is -2.31. The van der Waals surface area contributed by atoms with E-state index in [9.17, 15) is 14.9 Å². The van der Waals surface area contributed by atoms with E-state index in [2.05, 4.69) is 17.1 Å². The van der Waals surface area contributed by atoms with Crippen LogP contribution in [0.3, 0.4) is 0 Å². The molecule has 4 nitrogen and oxygen atoms in total. The number of hydrogen-bond acceptors (Lipinski definition) is 6. The number of nitriles is 2. The van der Waals surface area contributed by atoms with Crippen LogP contribution in [-0.4, -0.2) is 21.5 Å². The van der Waals surface area contributed by atoms with Gasteiger partial charge in [-0.1, -0.05) is 26.0 Å². The van der Waals surface area contributed by atoms with E-state index in [1.807, 2.05) is 13.8 Å². The zero-order chi connectivity index (χ0) is 17.6. The summed E-state index contributed by atoms with van der Waals surface area (Å²) in [6, 6.07) is 10.7. The Bertz CT molecular complexity index is 773. The standard InChI is InChI=1S/C17H17FN4S2/c1-3-23-17(24-4-2)16(10-20)13(11-5-7-12(18)8-6-11)15(16,9-19)14(21)22-17/h5-8,13H,3-4H2,1-2H3,(H2,21,22)/t13-,15-,16+/m1/s1. The molecule has 3 rings (SSSR count). The van der Waals surface area contributed by atoms with Crippen LogP contribution in [0.4, 0.5) is 4.39 Å². The fourth-order valence-corrected chi connectivity index (χ4v) is 7.16. The molecule has 0 unspecified atom stereocenters. The molecule has 2 aliphatic rings. The number of rotatable bonds is 5. The first kappa shape index (κ1) is 17.1. The van der Waals surface area contributed by atoms with Crippen molar-refractivity contribution in [1.82, 2.24) is 0 Å². The van der Waals surface area contributed by atoms with Gasteiger partial charge in [-0.15, -0.1) is 23.5 Å². The molecular formula is C17H17FN4S2. The van der Waals surface area contributed by atoms with Gasteiger partial charge in [0, 0.05) is 5.92 Å². The van der Waals surface area contributed by atoms with Crippen LogP contribution in [0.15, 0.2) is 29.3 Å². The van der Waals surface area contributed by atoms with Gasteiger partial charge in [0.2, 0.25) is 0 Å². The lowest BCUT2D eigenvalue weighted by molar-refractivity contribution is 0.563. The smallest absolute Gasteiger partial charge is 0.175 e. The van der Waals surface area contributed by atoms with Gasteiger partial charge in [-0.25, -0.2) is 9.38 Å². The van der Waals surface area contributed by atoms with Crippen molar-refractivity contribution in [3.63, 3.8) is 0 Å². The molecule has 1 aliphatic carbocycles. The van der Waals surface area contributed by atoms with Gasteiger partial charge in [-0.2, -0.15) is 10.5 Å². The molecule has 3 atom stereocenters. The second-order valence-corrected chi connectivity index (χ2v) is 8.94. The van der Waals surface area contributed by atoms with Crippen molar-refractivity contribution in [2.24, 2.45) is 21.6 Å². The number of fused-ring (bicyclic) bond motifs is 1. The molecule has 1 aromatic carbocycles. The second kappa shape index (κ2) is 5.68. The largest absolute Gasteiger partial charge is 0.386 e. The maximum absolute atomic E-state index is 13.3. The Morgan fingerprint density at radius 2 is 1.75 bits per heavy atom. The molecule has 7 heteroatoms. The quantitative estimate of drug-likeness (QED) is 0.813. The van der Waals surface area contributed by atoms with Crippen LogP contribution >= 0.6 is 23.5 Å². The maximum atomic E-state index is 13.3. The third-order valence-corrected chi connectivity index (χ3v) is 7.70. The third-order valence-electron chi connectivity index (χ3n) is 4.81.